The maximum atomic E-state index is 5.46. The van der Waals surface area contributed by atoms with Gasteiger partial charge in [-0.25, -0.2) is 9.97 Å². The Hall–Kier alpha value is -1.94. The SMILES string of the molecule is CC(C)(C)c1ccc(-c2ccnc(NCCN)n2)cc1. The van der Waals surface area contributed by atoms with E-state index in [-0.39, 0.29) is 5.41 Å². The molecule has 0 atom stereocenters. The average molecular weight is 270 g/mol. The number of nitrogens with one attached hydrogen (secondary N) is 1. The van der Waals surface area contributed by atoms with Crippen LogP contribution in [0.15, 0.2) is 36.5 Å². The molecule has 4 heteroatoms. The van der Waals surface area contributed by atoms with Gasteiger partial charge >= 0.3 is 0 Å². The summed E-state index contributed by atoms with van der Waals surface area (Å²) in [6, 6.07) is 10.4. The monoisotopic (exact) mass is 270 g/mol. The van der Waals surface area contributed by atoms with Crippen molar-refractivity contribution < 1.29 is 0 Å². The first kappa shape index (κ1) is 14.5. The Kier molecular flexibility index (Phi) is 4.35. The highest BCUT2D eigenvalue weighted by Crippen LogP contribution is 2.25. The van der Waals surface area contributed by atoms with Gasteiger partial charge in [-0.05, 0) is 17.0 Å². The largest absolute Gasteiger partial charge is 0.353 e. The van der Waals surface area contributed by atoms with Crippen LogP contribution < -0.4 is 11.1 Å². The Morgan fingerprint density at radius 2 is 1.80 bits per heavy atom. The molecule has 0 saturated carbocycles. The van der Waals surface area contributed by atoms with Gasteiger partial charge in [0.15, 0.2) is 0 Å². The van der Waals surface area contributed by atoms with E-state index in [1.54, 1.807) is 6.20 Å². The summed E-state index contributed by atoms with van der Waals surface area (Å²) in [6.45, 7) is 7.87. The van der Waals surface area contributed by atoms with Gasteiger partial charge in [0.25, 0.3) is 0 Å². The quantitative estimate of drug-likeness (QED) is 0.896. The minimum atomic E-state index is 0.165. The second kappa shape index (κ2) is 6.01. The lowest BCUT2D eigenvalue weighted by atomic mass is 9.86. The molecule has 0 spiro atoms. The summed E-state index contributed by atoms with van der Waals surface area (Å²) in [5.74, 6) is 0.618. The molecule has 0 saturated heterocycles. The molecule has 0 aliphatic heterocycles. The van der Waals surface area contributed by atoms with Gasteiger partial charge in [0.1, 0.15) is 0 Å². The lowest BCUT2D eigenvalue weighted by molar-refractivity contribution is 0.590. The maximum absolute atomic E-state index is 5.46. The second-order valence-electron chi connectivity index (χ2n) is 5.81. The van der Waals surface area contributed by atoms with Gasteiger partial charge in [0, 0.05) is 24.8 Å². The summed E-state index contributed by atoms with van der Waals surface area (Å²) < 4.78 is 0. The van der Waals surface area contributed by atoms with Crippen LogP contribution in [-0.2, 0) is 5.41 Å². The number of hydrogen-bond donors (Lipinski definition) is 2. The number of aromatic nitrogens is 2. The van der Waals surface area contributed by atoms with E-state index < -0.39 is 0 Å². The number of anilines is 1. The molecule has 2 rings (SSSR count). The molecule has 0 aliphatic rings. The first-order chi connectivity index (χ1) is 9.50. The van der Waals surface area contributed by atoms with E-state index >= 15 is 0 Å². The van der Waals surface area contributed by atoms with Crippen LogP contribution in [0, 0.1) is 0 Å². The summed E-state index contributed by atoms with van der Waals surface area (Å²) in [5, 5.41) is 3.09. The van der Waals surface area contributed by atoms with Crippen LogP contribution in [0.5, 0.6) is 0 Å². The summed E-state index contributed by atoms with van der Waals surface area (Å²) >= 11 is 0. The number of hydrogen-bond acceptors (Lipinski definition) is 4. The number of benzene rings is 1. The fourth-order valence-corrected chi connectivity index (χ4v) is 1.93. The third kappa shape index (κ3) is 3.54. The third-order valence-corrected chi connectivity index (χ3v) is 3.13. The molecule has 0 unspecified atom stereocenters. The molecular formula is C16H22N4. The highest BCUT2D eigenvalue weighted by Gasteiger charge is 2.13. The zero-order valence-corrected chi connectivity index (χ0v) is 12.4. The van der Waals surface area contributed by atoms with Crippen molar-refractivity contribution in [2.24, 2.45) is 5.73 Å². The lowest BCUT2D eigenvalue weighted by Crippen LogP contribution is -2.14. The molecule has 0 bridgehead atoms. The lowest BCUT2D eigenvalue weighted by Gasteiger charge is -2.19. The van der Waals surface area contributed by atoms with Gasteiger partial charge in [-0.2, -0.15) is 0 Å². The number of rotatable bonds is 4. The fraction of sp³-hybridized carbons (Fsp3) is 0.375. The van der Waals surface area contributed by atoms with E-state index in [1.165, 1.54) is 5.56 Å². The summed E-state index contributed by atoms with van der Waals surface area (Å²) in [6.07, 6.45) is 1.76. The van der Waals surface area contributed by atoms with Crippen molar-refractivity contribution in [1.29, 1.82) is 0 Å². The minimum Gasteiger partial charge on any atom is -0.353 e. The Balaban J connectivity index is 2.23. The van der Waals surface area contributed by atoms with E-state index in [2.05, 4.69) is 60.3 Å². The van der Waals surface area contributed by atoms with Crippen molar-refractivity contribution in [2.75, 3.05) is 18.4 Å². The number of nitrogens with two attached hydrogens (primary N) is 1. The smallest absolute Gasteiger partial charge is 0.223 e. The molecule has 4 nitrogen and oxygen atoms in total. The summed E-state index contributed by atoms with van der Waals surface area (Å²) in [5.41, 5.74) is 8.96. The molecule has 0 radical (unpaired) electrons. The first-order valence-electron chi connectivity index (χ1n) is 6.88. The van der Waals surface area contributed by atoms with Gasteiger partial charge in [-0.15, -0.1) is 0 Å². The normalized spacial score (nSPS) is 11.4. The molecule has 0 aliphatic carbocycles. The van der Waals surface area contributed by atoms with Crippen molar-refractivity contribution in [3.63, 3.8) is 0 Å². The third-order valence-electron chi connectivity index (χ3n) is 3.13. The molecule has 0 fully saturated rings. The van der Waals surface area contributed by atoms with Gasteiger partial charge in [-0.3, -0.25) is 0 Å². The Bertz CT molecular complexity index is 555. The van der Waals surface area contributed by atoms with E-state index in [1.807, 2.05) is 6.07 Å². The topological polar surface area (TPSA) is 63.8 Å². The van der Waals surface area contributed by atoms with Gasteiger partial charge in [0.05, 0.1) is 5.69 Å². The predicted octanol–water partition coefficient (Wildman–Crippen LogP) is 2.81. The first-order valence-corrected chi connectivity index (χ1v) is 6.88. The predicted molar refractivity (Wildman–Crippen MR) is 83.7 cm³/mol. The minimum absolute atomic E-state index is 0.165. The molecule has 2 aromatic rings. The maximum Gasteiger partial charge on any atom is 0.223 e. The highest BCUT2D eigenvalue weighted by molar-refractivity contribution is 5.60. The molecule has 1 heterocycles. The van der Waals surface area contributed by atoms with E-state index in [4.69, 9.17) is 5.73 Å². The van der Waals surface area contributed by atoms with Gasteiger partial charge in [0.2, 0.25) is 5.95 Å². The average Bonchev–Trinajstić information content (AvgIpc) is 2.45. The van der Waals surface area contributed by atoms with Crippen molar-refractivity contribution in [2.45, 2.75) is 26.2 Å². The van der Waals surface area contributed by atoms with Crippen LogP contribution in [-0.4, -0.2) is 23.1 Å². The van der Waals surface area contributed by atoms with Gasteiger partial charge in [-0.1, -0.05) is 45.0 Å². The fourth-order valence-electron chi connectivity index (χ4n) is 1.93. The molecule has 106 valence electrons. The molecule has 20 heavy (non-hydrogen) atoms. The van der Waals surface area contributed by atoms with Crippen LogP contribution in [0.25, 0.3) is 11.3 Å². The molecule has 3 N–H and O–H groups in total. The zero-order chi connectivity index (χ0) is 14.6. The van der Waals surface area contributed by atoms with E-state index in [9.17, 15) is 0 Å². The molecule has 0 amide bonds. The Labute approximate surface area is 120 Å². The highest BCUT2D eigenvalue weighted by atomic mass is 15.1. The van der Waals surface area contributed by atoms with E-state index in [0.717, 1.165) is 11.3 Å². The van der Waals surface area contributed by atoms with Crippen molar-refractivity contribution in [3.05, 3.63) is 42.1 Å². The Morgan fingerprint density at radius 3 is 2.40 bits per heavy atom. The summed E-state index contributed by atoms with van der Waals surface area (Å²) in [7, 11) is 0. The molecule has 1 aromatic carbocycles. The van der Waals surface area contributed by atoms with Crippen molar-refractivity contribution in [3.8, 4) is 11.3 Å². The van der Waals surface area contributed by atoms with Crippen molar-refractivity contribution in [1.82, 2.24) is 9.97 Å². The van der Waals surface area contributed by atoms with Crippen LogP contribution in [0.3, 0.4) is 0 Å². The van der Waals surface area contributed by atoms with Crippen LogP contribution in [0.4, 0.5) is 5.95 Å². The second-order valence-corrected chi connectivity index (χ2v) is 5.81. The van der Waals surface area contributed by atoms with Crippen LogP contribution in [0.1, 0.15) is 26.3 Å². The number of nitrogens with zero attached hydrogens (tertiary/aromatic N) is 2. The Morgan fingerprint density at radius 1 is 1.10 bits per heavy atom. The molecule has 1 aromatic heterocycles. The zero-order valence-electron chi connectivity index (χ0n) is 12.4. The van der Waals surface area contributed by atoms with Gasteiger partial charge < -0.3 is 11.1 Å². The van der Waals surface area contributed by atoms with Crippen molar-refractivity contribution >= 4 is 5.95 Å². The molecular weight excluding hydrogens is 248 g/mol. The summed E-state index contributed by atoms with van der Waals surface area (Å²) in [4.78, 5) is 8.68. The van der Waals surface area contributed by atoms with Crippen LogP contribution >= 0.6 is 0 Å². The van der Waals surface area contributed by atoms with E-state index in [0.29, 0.717) is 19.0 Å². The standard InChI is InChI=1S/C16H22N4/c1-16(2,3)13-6-4-12(5-7-13)14-8-10-18-15(20-14)19-11-9-17/h4-8,10H,9,11,17H2,1-3H3,(H,18,19,20). The van der Waals surface area contributed by atoms with Crippen LogP contribution in [0.2, 0.25) is 0 Å².